The first-order valence-corrected chi connectivity index (χ1v) is 8.84. The predicted molar refractivity (Wildman–Crippen MR) is 94.5 cm³/mol. The van der Waals surface area contributed by atoms with E-state index in [1.165, 1.54) is 0 Å². The summed E-state index contributed by atoms with van der Waals surface area (Å²) in [5.74, 6) is 1.95. The second-order valence-electron chi connectivity index (χ2n) is 6.59. The highest BCUT2D eigenvalue weighted by Gasteiger charge is 2.30. The lowest BCUT2D eigenvalue weighted by atomic mass is 9.96. The molecule has 0 N–H and O–H groups in total. The summed E-state index contributed by atoms with van der Waals surface area (Å²) in [6, 6.07) is 7.72. The van der Waals surface area contributed by atoms with Gasteiger partial charge in [0, 0.05) is 30.9 Å². The van der Waals surface area contributed by atoms with E-state index in [0.717, 1.165) is 42.7 Å². The number of hydrogen-bond acceptors (Lipinski definition) is 4. The van der Waals surface area contributed by atoms with Crippen LogP contribution >= 0.6 is 0 Å². The van der Waals surface area contributed by atoms with E-state index < -0.39 is 0 Å². The van der Waals surface area contributed by atoms with Crippen molar-refractivity contribution in [3.8, 4) is 0 Å². The van der Waals surface area contributed by atoms with Gasteiger partial charge in [0.05, 0.1) is 5.56 Å². The summed E-state index contributed by atoms with van der Waals surface area (Å²) in [6.07, 6.45) is 3.78. The molecular formula is C19H22N4O2. The third kappa shape index (κ3) is 2.71. The van der Waals surface area contributed by atoms with Gasteiger partial charge in [0.25, 0.3) is 5.91 Å². The molecule has 130 valence electrons. The van der Waals surface area contributed by atoms with Gasteiger partial charge in [0.1, 0.15) is 23.5 Å². The van der Waals surface area contributed by atoms with Crippen molar-refractivity contribution in [1.82, 2.24) is 19.7 Å². The molecule has 0 saturated carbocycles. The largest absolute Gasteiger partial charge is 0.461 e. The van der Waals surface area contributed by atoms with Gasteiger partial charge < -0.3 is 13.9 Å². The first-order valence-electron chi connectivity index (χ1n) is 8.84. The smallest absolute Gasteiger partial charge is 0.258 e. The van der Waals surface area contributed by atoms with E-state index in [1.807, 2.05) is 36.1 Å². The number of likely N-dealkylation sites (tertiary alicyclic amines) is 1. The second kappa shape index (κ2) is 6.35. The number of nitrogens with zero attached hydrogens (tertiary/aromatic N) is 4. The molecular weight excluding hydrogens is 316 g/mol. The Morgan fingerprint density at radius 2 is 2.20 bits per heavy atom. The van der Waals surface area contributed by atoms with Gasteiger partial charge in [-0.1, -0.05) is 18.2 Å². The minimum atomic E-state index is 0.0507. The number of rotatable bonds is 3. The fourth-order valence-electron chi connectivity index (χ4n) is 3.79. The lowest BCUT2D eigenvalue weighted by Crippen LogP contribution is -2.40. The van der Waals surface area contributed by atoms with Crippen LogP contribution in [0, 0.1) is 6.92 Å². The first kappa shape index (κ1) is 15.9. The molecule has 0 bridgehead atoms. The molecule has 25 heavy (non-hydrogen) atoms. The van der Waals surface area contributed by atoms with Crippen molar-refractivity contribution in [2.75, 3.05) is 13.1 Å². The molecule has 1 aliphatic rings. The normalized spacial score (nSPS) is 18.0. The fraction of sp³-hybridized carbons (Fsp3) is 0.421. The molecule has 0 aliphatic carbocycles. The minimum Gasteiger partial charge on any atom is -0.461 e. The zero-order valence-corrected chi connectivity index (χ0v) is 14.6. The topological polar surface area (TPSA) is 64.2 Å². The van der Waals surface area contributed by atoms with Crippen LogP contribution in [0.3, 0.4) is 0 Å². The van der Waals surface area contributed by atoms with Crippen LogP contribution in [-0.4, -0.2) is 38.7 Å². The standard InChI is InChI=1S/C19H22N4O2/c1-3-22-12-20-21-18(22)14-7-6-10-23(11-14)19(24)17-13(2)25-16-9-5-4-8-15(16)17/h4-5,8-9,12,14H,3,6-7,10-11H2,1-2H3. The number of para-hydroxylation sites is 1. The monoisotopic (exact) mass is 338 g/mol. The molecule has 0 spiro atoms. The van der Waals surface area contributed by atoms with Crippen LogP contribution < -0.4 is 0 Å². The molecule has 6 heteroatoms. The summed E-state index contributed by atoms with van der Waals surface area (Å²) in [5, 5.41) is 9.22. The SMILES string of the molecule is CCn1cnnc1C1CCCN(C(=O)c2c(C)oc3ccccc23)C1. The summed E-state index contributed by atoms with van der Waals surface area (Å²) >= 11 is 0. The predicted octanol–water partition coefficient (Wildman–Crippen LogP) is 3.37. The number of piperidine rings is 1. The lowest BCUT2D eigenvalue weighted by Gasteiger charge is -2.32. The molecule has 1 amide bonds. The molecule has 1 fully saturated rings. The van der Waals surface area contributed by atoms with E-state index in [2.05, 4.69) is 21.7 Å². The Labute approximate surface area is 146 Å². The number of carbonyl (C=O) groups is 1. The third-order valence-electron chi connectivity index (χ3n) is 5.05. The van der Waals surface area contributed by atoms with Gasteiger partial charge in [-0.05, 0) is 32.8 Å². The Morgan fingerprint density at radius 3 is 3.04 bits per heavy atom. The number of fused-ring (bicyclic) bond motifs is 1. The molecule has 1 aliphatic heterocycles. The Balaban J connectivity index is 1.63. The highest BCUT2D eigenvalue weighted by Crippen LogP contribution is 2.30. The van der Waals surface area contributed by atoms with Gasteiger partial charge in [0.15, 0.2) is 0 Å². The van der Waals surface area contributed by atoms with Crippen molar-refractivity contribution in [3.05, 3.63) is 47.7 Å². The number of furan rings is 1. The number of aromatic nitrogens is 3. The van der Waals surface area contributed by atoms with E-state index >= 15 is 0 Å². The van der Waals surface area contributed by atoms with Gasteiger partial charge in [-0.15, -0.1) is 10.2 Å². The molecule has 1 saturated heterocycles. The summed E-state index contributed by atoms with van der Waals surface area (Å²) in [6.45, 7) is 6.24. The van der Waals surface area contributed by atoms with E-state index in [1.54, 1.807) is 6.33 Å². The average molecular weight is 338 g/mol. The Morgan fingerprint density at radius 1 is 1.36 bits per heavy atom. The lowest BCUT2D eigenvalue weighted by molar-refractivity contribution is 0.0703. The minimum absolute atomic E-state index is 0.0507. The zero-order valence-electron chi connectivity index (χ0n) is 14.6. The average Bonchev–Trinajstić information content (AvgIpc) is 3.24. The Hall–Kier alpha value is -2.63. The number of carbonyl (C=O) groups excluding carboxylic acids is 1. The van der Waals surface area contributed by atoms with Crippen molar-refractivity contribution in [2.45, 2.75) is 39.2 Å². The number of hydrogen-bond donors (Lipinski definition) is 0. The highest BCUT2D eigenvalue weighted by atomic mass is 16.3. The van der Waals surface area contributed by atoms with Gasteiger partial charge in [-0.3, -0.25) is 4.79 Å². The van der Waals surface area contributed by atoms with Crippen LogP contribution in [0.4, 0.5) is 0 Å². The number of benzene rings is 1. The molecule has 3 aromatic rings. The van der Waals surface area contributed by atoms with Gasteiger partial charge in [0.2, 0.25) is 0 Å². The molecule has 1 atom stereocenters. The third-order valence-corrected chi connectivity index (χ3v) is 5.05. The van der Waals surface area contributed by atoms with Crippen LogP contribution in [0.5, 0.6) is 0 Å². The molecule has 1 aromatic carbocycles. The van der Waals surface area contributed by atoms with Crippen molar-refractivity contribution in [2.24, 2.45) is 0 Å². The summed E-state index contributed by atoms with van der Waals surface area (Å²) < 4.78 is 7.84. The quantitative estimate of drug-likeness (QED) is 0.734. The maximum atomic E-state index is 13.2. The van der Waals surface area contributed by atoms with Crippen LogP contribution in [-0.2, 0) is 6.54 Å². The fourth-order valence-corrected chi connectivity index (χ4v) is 3.79. The van der Waals surface area contributed by atoms with Crippen LogP contribution in [0.1, 0.15) is 47.6 Å². The van der Waals surface area contributed by atoms with Crippen molar-refractivity contribution in [3.63, 3.8) is 0 Å². The van der Waals surface area contributed by atoms with E-state index in [0.29, 0.717) is 17.9 Å². The second-order valence-corrected chi connectivity index (χ2v) is 6.59. The summed E-state index contributed by atoms with van der Waals surface area (Å²) in [4.78, 5) is 15.1. The molecule has 6 nitrogen and oxygen atoms in total. The van der Waals surface area contributed by atoms with Crippen LogP contribution in [0.25, 0.3) is 11.0 Å². The zero-order chi connectivity index (χ0) is 17.4. The molecule has 2 aromatic heterocycles. The maximum Gasteiger partial charge on any atom is 0.258 e. The van der Waals surface area contributed by atoms with Gasteiger partial charge in [-0.25, -0.2) is 0 Å². The van der Waals surface area contributed by atoms with E-state index in [-0.39, 0.29) is 11.8 Å². The van der Waals surface area contributed by atoms with Crippen molar-refractivity contribution >= 4 is 16.9 Å². The summed E-state index contributed by atoms with van der Waals surface area (Å²) in [5.41, 5.74) is 1.45. The molecule has 0 radical (unpaired) electrons. The van der Waals surface area contributed by atoms with E-state index in [4.69, 9.17) is 4.42 Å². The van der Waals surface area contributed by atoms with Crippen LogP contribution in [0.15, 0.2) is 35.0 Å². The summed E-state index contributed by atoms with van der Waals surface area (Å²) in [7, 11) is 0. The molecule has 3 heterocycles. The van der Waals surface area contributed by atoms with Crippen molar-refractivity contribution < 1.29 is 9.21 Å². The maximum absolute atomic E-state index is 13.2. The highest BCUT2D eigenvalue weighted by molar-refractivity contribution is 6.07. The number of aryl methyl sites for hydroxylation is 2. The van der Waals surface area contributed by atoms with Crippen molar-refractivity contribution in [1.29, 1.82) is 0 Å². The first-order chi connectivity index (χ1) is 12.2. The Bertz CT molecular complexity index is 911. The van der Waals surface area contributed by atoms with Gasteiger partial charge in [-0.2, -0.15) is 0 Å². The molecule has 4 rings (SSSR count). The van der Waals surface area contributed by atoms with Gasteiger partial charge >= 0.3 is 0 Å². The van der Waals surface area contributed by atoms with E-state index in [9.17, 15) is 4.79 Å². The number of amides is 1. The molecule has 1 unspecified atom stereocenters. The van der Waals surface area contributed by atoms with Crippen LogP contribution in [0.2, 0.25) is 0 Å². The Kier molecular flexibility index (Phi) is 4.03.